The van der Waals surface area contributed by atoms with E-state index in [1.165, 1.54) is 53.7 Å². The lowest BCUT2D eigenvalue weighted by atomic mass is 9.78. The summed E-state index contributed by atoms with van der Waals surface area (Å²) in [6, 6.07) is 9.51. The lowest BCUT2D eigenvalue weighted by Crippen LogP contribution is -2.52. The summed E-state index contributed by atoms with van der Waals surface area (Å²) in [5.74, 6) is 1.94. The molecule has 2 unspecified atom stereocenters. The molecular weight excluding hydrogens is 548 g/mol. The van der Waals surface area contributed by atoms with Gasteiger partial charge in [0.25, 0.3) is 5.91 Å². The predicted octanol–water partition coefficient (Wildman–Crippen LogP) is 4.44. The molecule has 2 aromatic rings. The molecule has 2 atom stereocenters. The van der Waals surface area contributed by atoms with Crippen molar-refractivity contribution in [2.24, 2.45) is 5.92 Å². The number of hydrogen-bond acceptors (Lipinski definition) is 7. The molecule has 1 aliphatic carbocycles. The second-order valence-corrected chi connectivity index (χ2v) is 14.8. The minimum absolute atomic E-state index is 0.0120. The number of carbonyl (C=O) groups is 1. The van der Waals surface area contributed by atoms with Gasteiger partial charge in [-0.25, -0.2) is 22.7 Å². The summed E-state index contributed by atoms with van der Waals surface area (Å²) in [4.78, 5) is 26.9. The average molecular weight is 597 g/mol. The molecule has 230 valence electrons. The van der Waals surface area contributed by atoms with E-state index in [1.807, 2.05) is 11.8 Å². The molecule has 5 rings (SSSR count). The van der Waals surface area contributed by atoms with Crippen LogP contribution in [-0.4, -0.2) is 96.5 Å². The fraction of sp³-hybridized carbons (Fsp3) is 0.656. The highest BCUT2D eigenvalue weighted by molar-refractivity contribution is 7.88. The van der Waals surface area contributed by atoms with Crippen LogP contribution in [0.3, 0.4) is 0 Å². The maximum absolute atomic E-state index is 13.5. The number of piperidine rings is 2. The van der Waals surface area contributed by atoms with Crippen molar-refractivity contribution in [1.82, 2.24) is 24.1 Å². The van der Waals surface area contributed by atoms with Crippen LogP contribution in [0.5, 0.6) is 0 Å². The molecule has 0 spiro atoms. The molecule has 3 aliphatic rings. The number of amides is 1. The predicted molar refractivity (Wildman–Crippen MR) is 167 cm³/mol. The van der Waals surface area contributed by atoms with Gasteiger partial charge in [-0.2, -0.15) is 0 Å². The molecule has 9 nitrogen and oxygen atoms in total. The number of nitrogens with one attached hydrogen (secondary N) is 1. The number of sulfonamides is 1. The van der Waals surface area contributed by atoms with Gasteiger partial charge in [-0.05, 0) is 89.3 Å². The van der Waals surface area contributed by atoms with E-state index in [-0.39, 0.29) is 11.9 Å². The Morgan fingerprint density at radius 2 is 1.67 bits per heavy atom. The summed E-state index contributed by atoms with van der Waals surface area (Å²) in [5, 5.41) is 3.56. The summed E-state index contributed by atoms with van der Waals surface area (Å²) in [6.07, 6.45) is 11.2. The largest absolute Gasteiger partial charge is 0.369 e. The van der Waals surface area contributed by atoms with Gasteiger partial charge in [0.05, 0.1) is 6.26 Å². The van der Waals surface area contributed by atoms with E-state index in [2.05, 4.69) is 51.4 Å². The molecule has 1 aromatic carbocycles. The highest BCUT2D eigenvalue weighted by atomic mass is 32.2. The quantitative estimate of drug-likeness (QED) is 0.481. The lowest BCUT2D eigenvalue weighted by Gasteiger charge is -2.43. The molecule has 2 aliphatic heterocycles. The minimum Gasteiger partial charge on any atom is -0.369 e. The van der Waals surface area contributed by atoms with E-state index in [0.29, 0.717) is 36.7 Å². The first-order chi connectivity index (χ1) is 20.1. The van der Waals surface area contributed by atoms with E-state index in [1.54, 1.807) is 7.05 Å². The Bertz CT molecular complexity index is 1320. The van der Waals surface area contributed by atoms with Gasteiger partial charge >= 0.3 is 0 Å². The molecule has 1 amide bonds. The van der Waals surface area contributed by atoms with Gasteiger partial charge in [-0.15, -0.1) is 0 Å². The Kier molecular flexibility index (Phi) is 9.84. The summed E-state index contributed by atoms with van der Waals surface area (Å²) in [5.41, 5.74) is 4.08. The Labute approximate surface area is 252 Å². The van der Waals surface area contributed by atoms with Crippen molar-refractivity contribution < 1.29 is 13.2 Å². The molecular formula is C32H48N6O3S. The Morgan fingerprint density at radius 3 is 2.33 bits per heavy atom. The second kappa shape index (κ2) is 13.4. The first-order valence-corrected chi connectivity index (χ1v) is 17.5. The average Bonchev–Trinajstić information content (AvgIpc) is 3.00. The van der Waals surface area contributed by atoms with E-state index in [9.17, 15) is 13.2 Å². The van der Waals surface area contributed by atoms with Crippen LogP contribution in [0.1, 0.15) is 84.5 Å². The number of benzene rings is 1. The standard InChI is InChI=1S/C32H48N6O3S/c1-23-8-10-26(11-9-23)27-7-5-6-25(20-27)21-33-31-24(2)30(34-22-35-31)32(39)38-18-14-29(15-19-38)37-16-12-28(13-17-37)36(3)42(4,40)41/h8-11,22,25,27-29H,5-7,12-21H2,1-4H3,(H,33,34,35). The van der Waals surface area contributed by atoms with Gasteiger partial charge in [0.2, 0.25) is 10.0 Å². The summed E-state index contributed by atoms with van der Waals surface area (Å²) in [6.45, 7) is 8.17. The van der Waals surface area contributed by atoms with Gasteiger partial charge in [0, 0.05) is 44.3 Å². The highest BCUT2D eigenvalue weighted by Gasteiger charge is 2.33. The zero-order chi connectivity index (χ0) is 29.9. The monoisotopic (exact) mass is 596 g/mol. The third kappa shape index (κ3) is 7.32. The molecule has 3 heterocycles. The Morgan fingerprint density at radius 1 is 0.976 bits per heavy atom. The smallest absolute Gasteiger partial charge is 0.272 e. The van der Waals surface area contributed by atoms with Crippen LogP contribution in [0.15, 0.2) is 30.6 Å². The van der Waals surface area contributed by atoms with Crippen LogP contribution < -0.4 is 5.32 Å². The van der Waals surface area contributed by atoms with Gasteiger partial charge in [-0.3, -0.25) is 4.79 Å². The molecule has 3 fully saturated rings. The molecule has 0 bridgehead atoms. The molecule has 42 heavy (non-hydrogen) atoms. The van der Waals surface area contributed by atoms with Gasteiger partial charge < -0.3 is 15.1 Å². The molecule has 10 heteroatoms. The van der Waals surface area contributed by atoms with E-state index in [4.69, 9.17) is 0 Å². The Balaban J connectivity index is 1.11. The fourth-order valence-corrected chi connectivity index (χ4v) is 7.92. The van der Waals surface area contributed by atoms with Gasteiger partial charge in [0.1, 0.15) is 17.8 Å². The molecule has 1 aromatic heterocycles. The first kappa shape index (κ1) is 30.9. The maximum Gasteiger partial charge on any atom is 0.272 e. The van der Waals surface area contributed by atoms with Crippen LogP contribution in [0.4, 0.5) is 5.82 Å². The van der Waals surface area contributed by atoms with Crippen LogP contribution >= 0.6 is 0 Å². The van der Waals surface area contributed by atoms with Crippen molar-refractivity contribution >= 4 is 21.7 Å². The van der Waals surface area contributed by atoms with E-state index < -0.39 is 10.0 Å². The van der Waals surface area contributed by atoms with Crippen LogP contribution in [0.2, 0.25) is 0 Å². The fourth-order valence-electron chi connectivity index (χ4n) is 7.17. The zero-order valence-corrected chi connectivity index (χ0v) is 26.6. The van der Waals surface area contributed by atoms with Crippen molar-refractivity contribution in [1.29, 1.82) is 0 Å². The summed E-state index contributed by atoms with van der Waals surface area (Å²) < 4.78 is 25.4. The van der Waals surface area contributed by atoms with Crippen molar-refractivity contribution in [2.75, 3.05) is 51.3 Å². The zero-order valence-electron chi connectivity index (χ0n) is 25.8. The van der Waals surface area contributed by atoms with Gasteiger partial charge in [0.15, 0.2) is 0 Å². The van der Waals surface area contributed by atoms with Crippen LogP contribution in [0.25, 0.3) is 0 Å². The maximum atomic E-state index is 13.5. The van der Waals surface area contributed by atoms with Crippen molar-refractivity contribution in [3.63, 3.8) is 0 Å². The van der Waals surface area contributed by atoms with E-state index in [0.717, 1.165) is 56.7 Å². The van der Waals surface area contributed by atoms with Crippen molar-refractivity contribution in [3.05, 3.63) is 53.0 Å². The third-order valence-electron chi connectivity index (χ3n) is 9.98. The van der Waals surface area contributed by atoms with E-state index >= 15 is 0 Å². The molecule has 2 saturated heterocycles. The number of carbonyl (C=O) groups excluding carboxylic acids is 1. The molecule has 1 saturated carbocycles. The Hall–Kier alpha value is -2.56. The summed E-state index contributed by atoms with van der Waals surface area (Å²) >= 11 is 0. The minimum atomic E-state index is -3.16. The number of anilines is 1. The normalized spacial score (nSPS) is 23.3. The van der Waals surface area contributed by atoms with Crippen molar-refractivity contribution in [2.45, 2.75) is 83.2 Å². The van der Waals surface area contributed by atoms with Crippen LogP contribution in [0, 0.1) is 19.8 Å². The van der Waals surface area contributed by atoms with Crippen LogP contribution in [-0.2, 0) is 10.0 Å². The van der Waals surface area contributed by atoms with Crippen molar-refractivity contribution in [3.8, 4) is 0 Å². The lowest BCUT2D eigenvalue weighted by molar-refractivity contribution is 0.0542. The third-order valence-corrected chi connectivity index (χ3v) is 11.3. The first-order valence-electron chi connectivity index (χ1n) is 15.7. The molecule has 0 radical (unpaired) electrons. The SMILES string of the molecule is Cc1ccc(C2CCCC(CNc3ncnc(C(=O)N4CCC(N5CCC(N(C)S(C)(=O)=O)CC5)CC4)c3C)C2)cc1. The topological polar surface area (TPSA) is 98.7 Å². The number of aromatic nitrogens is 2. The number of nitrogens with zero attached hydrogens (tertiary/aromatic N) is 5. The highest BCUT2D eigenvalue weighted by Crippen LogP contribution is 2.36. The number of rotatable bonds is 8. The number of likely N-dealkylation sites (tertiary alicyclic amines) is 2. The molecule has 1 N–H and O–H groups in total. The number of aryl methyl sites for hydroxylation is 1. The second-order valence-electron chi connectivity index (χ2n) is 12.8. The summed E-state index contributed by atoms with van der Waals surface area (Å²) in [7, 11) is -1.47. The van der Waals surface area contributed by atoms with Gasteiger partial charge in [-0.1, -0.05) is 36.2 Å². The number of hydrogen-bond donors (Lipinski definition) is 1.